The molecule has 6 heteroatoms. The molecule has 0 spiro atoms. The van der Waals surface area contributed by atoms with Gasteiger partial charge in [0.25, 0.3) is 0 Å². The Bertz CT molecular complexity index is 377. The minimum Gasteiger partial charge on any atom is -0.480 e. The zero-order valence-electron chi connectivity index (χ0n) is 12.2. The summed E-state index contributed by atoms with van der Waals surface area (Å²) in [5.74, 6) is -0.987. The first-order chi connectivity index (χ1) is 9.40. The molecule has 0 aliphatic carbocycles. The molecule has 0 radical (unpaired) electrons. The fourth-order valence-electron chi connectivity index (χ4n) is 3.48. The molecule has 2 fully saturated rings. The molecule has 0 aromatic rings. The van der Waals surface area contributed by atoms with E-state index in [1.165, 1.54) is 0 Å². The van der Waals surface area contributed by atoms with Crippen LogP contribution in [0.25, 0.3) is 0 Å². The predicted octanol–water partition coefficient (Wildman–Crippen LogP) is 0.296. The van der Waals surface area contributed by atoms with E-state index in [1.807, 2.05) is 18.7 Å². The average molecular weight is 284 g/mol. The van der Waals surface area contributed by atoms with Crippen LogP contribution in [0.3, 0.4) is 0 Å². The van der Waals surface area contributed by atoms with Gasteiger partial charge in [0.1, 0.15) is 6.04 Å². The summed E-state index contributed by atoms with van der Waals surface area (Å²) in [5, 5.41) is 18.8. The molecule has 4 unspecified atom stereocenters. The highest BCUT2D eigenvalue weighted by molar-refractivity contribution is 5.81. The molecule has 2 aliphatic heterocycles. The number of aliphatic hydroxyl groups is 1. The van der Waals surface area contributed by atoms with Crippen molar-refractivity contribution < 1.29 is 19.8 Å². The van der Waals surface area contributed by atoms with E-state index in [1.54, 1.807) is 4.90 Å². The van der Waals surface area contributed by atoms with Gasteiger partial charge in [0.2, 0.25) is 5.91 Å². The largest absolute Gasteiger partial charge is 0.480 e. The molecule has 0 aromatic heterocycles. The van der Waals surface area contributed by atoms with Gasteiger partial charge in [-0.2, -0.15) is 0 Å². The lowest BCUT2D eigenvalue weighted by Gasteiger charge is -2.40. The fraction of sp³-hybridized carbons (Fsp3) is 0.857. The van der Waals surface area contributed by atoms with Crippen molar-refractivity contribution >= 4 is 11.9 Å². The number of carboxylic acids is 1. The van der Waals surface area contributed by atoms with E-state index >= 15 is 0 Å². The zero-order valence-corrected chi connectivity index (χ0v) is 12.2. The minimum absolute atomic E-state index is 0.0231. The van der Waals surface area contributed by atoms with Crippen LogP contribution in [-0.4, -0.2) is 69.2 Å². The van der Waals surface area contributed by atoms with Crippen molar-refractivity contribution in [2.24, 2.45) is 0 Å². The second kappa shape index (κ2) is 6.10. The van der Waals surface area contributed by atoms with Gasteiger partial charge in [0, 0.05) is 25.0 Å². The number of aliphatic carboxylic acids is 1. The molecule has 2 N–H and O–H groups in total. The third-order valence-electron chi connectivity index (χ3n) is 4.49. The summed E-state index contributed by atoms with van der Waals surface area (Å²) in [6.07, 6.45) is 2.68. The number of amides is 1. The number of hydrogen-bond donors (Lipinski definition) is 2. The summed E-state index contributed by atoms with van der Waals surface area (Å²) in [4.78, 5) is 27.1. The van der Waals surface area contributed by atoms with E-state index in [4.69, 9.17) is 5.11 Å². The number of carboxylic acid groups (broad SMARTS) is 1. The Hall–Kier alpha value is -1.14. The summed E-state index contributed by atoms with van der Waals surface area (Å²) in [7, 11) is 0. The summed E-state index contributed by atoms with van der Waals surface area (Å²) in [6.45, 7) is 4.43. The topological polar surface area (TPSA) is 81.1 Å². The van der Waals surface area contributed by atoms with Crippen molar-refractivity contribution in [1.29, 1.82) is 0 Å². The standard InChI is InChI=1S/C14H24N2O4/c1-9-4-3-5-10(2)16(9)13(18)8-15-7-11(17)6-12(15)14(19)20/h9-12,17H,3-8H2,1-2H3,(H,19,20). The maximum absolute atomic E-state index is 12.5. The normalized spacial score (nSPS) is 35.2. The average Bonchev–Trinajstić information content (AvgIpc) is 2.70. The lowest BCUT2D eigenvalue weighted by Crippen LogP contribution is -2.52. The first-order valence-electron chi connectivity index (χ1n) is 7.36. The van der Waals surface area contributed by atoms with Gasteiger partial charge in [0.15, 0.2) is 0 Å². The van der Waals surface area contributed by atoms with E-state index in [0.29, 0.717) is 0 Å². The lowest BCUT2D eigenvalue weighted by molar-refractivity contribution is -0.144. The third kappa shape index (κ3) is 3.12. The van der Waals surface area contributed by atoms with Gasteiger partial charge in [-0.25, -0.2) is 0 Å². The monoisotopic (exact) mass is 284 g/mol. The molecule has 20 heavy (non-hydrogen) atoms. The van der Waals surface area contributed by atoms with Crippen molar-refractivity contribution in [2.75, 3.05) is 13.1 Å². The van der Waals surface area contributed by atoms with Crippen LogP contribution in [-0.2, 0) is 9.59 Å². The number of nitrogens with zero attached hydrogens (tertiary/aromatic N) is 2. The van der Waals surface area contributed by atoms with Crippen molar-refractivity contribution in [2.45, 2.75) is 63.8 Å². The van der Waals surface area contributed by atoms with Crippen molar-refractivity contribution in [3.05, 3.63) is 0 Å². The van der Waals surface area contributed by atoms with Crippen LogP contribution in [0.2, 0.25) is 0 Å². The minimum atomic E-state index is -0.964. The number of piperidine rings is 1. The third-order valence-corrected chi connectivity index (χ3v) is 4.49. The maximum Gasteiger partial charge on any atom is 0.321 e. The van der Waals surface area contributed by atoms with Gasteiger partial charge in [-0.3, -0.25) is 14.5 Å². The molecule has 0 saturated carbocycles. The molecule has 114 valence electrons. The molecule has 2 heterocycles. The maximum atomic E-state index is 12.5. The number of hydrogen-bond acceptors (Lipinski definition) is 4. The number of carbonyl (C=O) groups excluding carboxylic acids is 1. The number of likely N-dealkylation sites (tertiary alicyclic amines) is 2. The summed E-state index contributed by atoms with van der Waals surface area (Å²) in [6, 6.07) is -0.325. The molecule has 2 saturated heterocycles. The molecule has 2 rings (SSSR count). The van der Waals surface area contributed by atoms with E-state index in [2.05, 4.69) is 0 Å². The van der Waals surface area contributed by atoms with Crippen LogP contribution < -0.4 is 0 Å². The van der Waals surface area contributed by atoms with Gasteiger partial charge in [-0.15, -0.1) is 0 Å². The Kier molecular flexibility index (Phi) is 4.65. The van der Waals surface area contributed by atoms with E-state index in [9.17, 15) is 14.7 Å². The highest BCUT2D eigenvalue weighted by atomic mass is 16.4. The lowest BCUT2D eigenvalue weighted by atomic mass is 9.97. The summed E-state index contributed by atoms with van der Waals surface area (Å²) in [5.41, 5.74) is 0. The fourth-order valence-corrected chi connectivity index (χ4v) is 3.48. The smallest absolute Gasteiger partial charge is 0.321 e. The molecule has 4 atom stereocenters. The van der Waals surface area contributed by atoms with Crippen LogP contribution in [0.1, 0.15) is 39.5 Å². The van der Waals surface area contributed by atoms with E-state index in [-0.39, 0.29) is 37.5 Å². The van der Waals surface area contributed by atoms with Gasteiger partial charge in [0.05, 0.1) is 12.6 Å². The highest BCUT2D eigenvalue weighted by Crippen LogP contribution is 2.24. The van der Waals surface area contributed by atoms with Gasteiger partial charge < -0.3 is 15.1 Å². The van der Waals surface area contributed by atoms with Crippen LogP contribution in [0, 0.1) is 0 Å². The highest BCUT2D eigenvalue weighted by Gasteiger charge is 2.38. The summed E-state index contributed by atoms with van der Waals surface area (Å²) < 4.78 is 0. The molecular formula is C14H24N2O4. The molecule has 1 amide bonds. The van der Waals surface area contributed by atoms with Gasteiger partial charge >= 0.3 is 5.97 Å². The number of rotatable bonds is 3. The Labute approximate surface area is 119 Å². The van der Waals surface area contributed by atoms with Crippen LogP contribution in [0.4, 0.5) is 0 Å². The predicted molar refractivity (Wildman–Crippen MR) is 73.2 cm³/mol. The SMILES string of the molecule is CC1CCCC(C)N1C(=O)CN1CC(O)CC1C(=O)O. The van der Waals surface area contributed by atoms with Crippen molar-refractivity contribution in [3.8, 4) is 0 Å². The molecule has 0 aromatic carbocycles. The van der Waals surface area contributed by atoms with Crippen LogP contribution in [0.15, 0.2) is 0 Å². The first-order valence-corrected chi connectivity index (χ1v) is 7.36. The Balaban J connectivity index is 2.01. The number of carbonyl (C=O) groups is 2. The van der Waals surface area contributed by atoms with Gasteiger partial charge in [-0.05, 0) is 33.1 Å². The Morgan fingerprint density at radius 3 is 2.35 bits per heavy atom. The molecule has 2 aliphatic rings. The molecule has 0 bridgehead atoms. The Morgan fingerprint density at radius 1 is 1.20 bits per heavy atom. The van der Waals surface area contributed by atoms with Gasteiger partial charge in [-0.1, -0.05) is 0 Å². The second-order valence-corrected chi connectivity index (χ2v) is 6.10. The first kappa shape index (κ1) is 15.3. The van der Waals surface area contributed by atoms with E-state index in [0.717, 1.165) is 19.3 Å². The van der Waals surface area contributed by atoms with Crippen molar-refractivity contribution in [3.63, 3.8) is 0 Å². The van der Waals surface area contributed by atoms with Crippen molar-refractivity contribution in [1.82, 2.24) is 9.80 Å². The number of β-amino-alcohol motifs (C(OH)–C–C–N with tert-alkyl or cyclic N) is 1. The number of aliphatic hydroxyl groups excluding tert-OH is 1. The Morgan fingerprint density at radius 2 is 1.80 bits per heavy atom. The quantitative estimate of drug-likeness (QED) is 0.779. The molecular weight excluding hydrogens is 260 g/mol. The van der Waals surface area contributed by atoms with Crippen LogP contribution in [0.5, 0.6) is 0 Å². The van der Waals surface area contributed by atoms with Crippen LogP contribution >= 0.6 is 0 Å². The zero-order chi connectivity index (χ0) is 14.9. The van der Waals surface area contributed by atoms with E-state index < -0.39 is 18.1 Å². The second-order valence-electron chi connectivity index (χ2n) is 6.10. The summed E-state index contributed by atoms with van der Waals surface area (Å²) >= 11 is 0. The molecule has 6 nitrogen and oxygen atoms in total.